The van der Waals surface area contributed by atoms with Crippen LogP contribution < -0.4 is 0 Å². The fourth-order valence-electron chi connectivity index (χ4n) is 11.8. The highest BCUT2D eigenvalue weighted by molar-refractivity contribution is 5.95. The molecule has 2 aliphatic heterocycles. The van der Waals surface area contributed by atoms with Crippen LogP contribution in [0.15, 0.2) is 244 Å². The molecule has 0 aliphatic carbocycles. The summed E-state index contributed by atoms with van der Waals surface area (Å²) in [5.74, 6) is -0.140. The van der Waals surface area contributed by atoms with Crippen LogP contribution in [-0.2, 0) is 106 Å². The second-order valence-corrected chi connectivity index (χ2v) is 24.9. The molecule has 23 heteroatoms. The minimum absolute atomic E-state index is 0.109. The largest absolute Gasteiger partial charge is 0.468 e. The lowest BCUT2D eigenvalue weighted by molar-refractivity contribution is -0.151. The first-order valence-corrected chi connectivity index (χ1v) is 35.9. The summed E-state index contributed by atoms with van der Waals surface area (Å²) < 4.78 is 46.4. The molecule has 0 saturated carbocycles. The molecule has 23 nitrogen and oxygen atoms in total. The van der Waals surface area contributed by atoms with E-state index >= 15 is 0 Å². The van der Waals surface area contributed by atoms with E-state index in [9.17, 15) is 33.6 Å². The molecule has 566 valence electrons. The average Bonchev–Trinajstić information content (AvgIpc) is 1.11. The Bertz CT molecular complexity index is 4380. The van der Waals surface area contributed by atoms with Gasteiger partial charge in [0.15, 0.2) is 12.2 Å². The number of nitrogens with zero attached hydrogens (tertiary/aromatic N) is 7. The third-order valence-electron chi connectivity index (χ3n) is 17.0. The molecule has 2 aliphatic rings. The van der Waals surface area contributed by atoms with Crippen LogP contribution in [-0.4, -0.2) is 141 Å². The Morgan fingerprint density at radius 2 is 0.917 bits per heavy atom. The van der Waals surface area contributed by atoms with Crippen molar-refractivity contribution in [3.63, 3.8) is 0 Å². The molecule has 2 unspecified atom stereocenters. The third kappa shape index (κ3) is 25.7. The summed E-state index contributed by atoms with van der Waals surface area (Å²) in [4.78, 5) is 102. The van der Waals surface area contributed by atoms with Gasteiger partial charge in [0, 0.05) is 45.3 Å². The van der Waals surface area contributed by atoms with Crippen molar-refractivity contribution in [1.82, 2.24) is 34.5 Å². The van der Waals surface area contributed by atoms with Crippen LogP contribution in [0, 0.1) is 13.8 Å². The SMILES string of the molecule is C=C(c1ccc(C)cn1)N1Cc2ccccc2CC1C(=O)OCC.CCOC(=O)C1Cc2ccccc2CN1Cc1ccco1.CCOC(=O)CN(Cc1ccccc1)C(=O)c1ccco1.CCOC(=O)CN(Cc1ccccc1)C(=O)c1ocnc1C.CCOC(=O)CN(Cc1ccccc1)Cc1ccco1. The van der Waals surface area contributed by atoms with Crippen molar-refractivity contribution in [3.8, 4) is 0 Å². The van der Waals surface area contributed by atoms with E-state index < -0.39 is 11.9 Å². The van der Waals surface area contributed by atoms with E-state index in [0.717, 1.165) is 51.7 Å². The number of carbonyl (C=O) groups is 7. The summed E-state index contributed by atoms with van der Waals surface area (Å²) in [6.45, 7) is 22.4. The Labute approximate surface area is 630 Å². The molecule has 10 aromatic rings. The number of hydrogen-bond acceptors (Lipinski definition) is 21. The summed E-state index contributed by atoms with van der Waals surface area (Å²) >= 11 is 0. The van der Waals surface area contributed by atoms with Crippen LogP contribution in [0.2, 0.25) is 0 Å². The van der Waals surface area contributed by atoms with Gasteiger partial charge in [-0.1, -0.05) is 152 Å². The number of aromatic nitrogens is 2. The molecule has 12 rings (SSSR count). The molecule has 7 heterocycles. The first-order chi connectivity index (χ1) is 52.5. The molecule has 0 fully saturated rings. The minimum Gasteiger partial charge on any atom is -0.468 e. The minimum atomic E-state index is -0.455. The summed E-state index contributed by atoms with van der Waals surface area (Å²) in [6.07, 6.45) is 9.08. The normalized spacial score (nSPS) is 13.2. The summed E-state index contributed by atoms with van der Waals surface area (Å²) in [6, 6.07) is 59.5. The number of carbonyl (C=O) groups excluding carboxylic acids is 7. The van der Waals surface area contributed by atoms with Crippen molar-refractivity contribution in [1.29, 1.82) is 0 Å². The average molecular weight is 1470 g/mol. The maximum absolute atomic E-state index is 12.6. The highest BCUT2D eigenvalue weighted by Crippen LogP contribution is 2.31. The maximum atomic E-state index is 12.6. The van der Waals surface area contributed by atoms with Crippen LogP contribution in [0.4, 0.5) is 0 Å². The summed E-state index contributed by atoms with van der Waals surface area (Å²) in [5, 5.41) is 0. The standard InChI is InChI=1S/C20H22N2O2.C17H19NO3.C16H18N2O4.C16H17NO4.C16H19NO3/c1-4-24-20(23)19-11-16-7-5-6-8-17(16)13-22(19)15(3)18-10-9-14(2)12-21-18;1-2-20-17(19)16-10-13-6-3-4-7-14(13)11-18(16)12-15-8-5-9-21-15;1-3-21-14(19)10-18(9-13-7-5-4-6-8-13)16(20)15-12(2)17-11-22-15;1-2-20-15(18)12-17(11-13-7-4-3-5-8-13)16(19)14-9-6-10-21-14;1-2-19-16(18)13-17(12-15-9-6-10-20-15)11-14-7-4-3-5-8-14/h5-10,12,19H,3-4,11,13H2,1-2H3;3-9,16H,2,10-12H2,1H3;4-8,11H,3,9-10H2,1-2H3;3-10H,2,11-12H2,1H3;3-10H,2,11-13H2,1H3. The van der Waals surface area contributed by atoms with Crippen LogP contribution in [0.3, 0.4) is 0 Å². The molecular formula is C85H95N7O16. The van der Waals surface area contributed by atoms with Crippen LogP contribution in [0.1, 0.15) is 123 Å². The number of pyridine rings is 1. The molecule has 0 saturated heterocycles. The highest BCUT2D eigenvalue weighted by atomic mass is 16.5. The van der Waals surface area contributed by atoms with Gasteiger partial charge in [-0.25, -0.2) is 9.78 Å². The first kappa shape index (κ1) is 81.7. The van der Waals surface area contributed by atoms with E-state index in [1.807, 2.05) is 195 Å². The molecule has 0 N–H and O–H groups in total. The van der Waals surface area contributed by atoms with Crippen molar-refractivity contribution in [2.45, 2.75) is 119 Å². The molecule has 2 atom stereocenters. The quantitative estimate of drug-likeness (QED) is 0.0342. The van der Waals surface area contributed by atoms with Gasteiger partial charge in [-0.3, -0.25) is 43.6 Å². The van der Waals surface area contributed by atoms with E-state index in [0.29, 0.717) is 77.6 Å². The van der Waals surface area contributed by atoms with Gasteiger partial charge in [0.2, 0.25) is 5.76 Å². The van der Waals surface area contributed by atoms with Crippen molar-refractivity contribution in [3.05, 3.63) is 305 Å². The van der Waals surface area contributed by atoms with Crippen molar-refractivity contribution >= 4 is 47.4 Å². The van der Waals surface area contributed by atoms with Crippen LogP contribution in [0.5, 0.6) is 0 Å². The summed E-state index contributed by atoms with van der Waals surface area (Å²) in [5.41, 5.74) is 11.0. The number of ether oxygens (including phenoxy) is 5. The Kier molecular flexibility index (Phi) is 32.9. The predicted molar refractivity (Wildman–Crippen MR) is 404 cm³/mol. The molecule has 0 radical (unpaired) electrons. The topological polar surface area (TPSA) is 260 Å². The van der Waals surface area contributed by atoms with Crippen molar-refractivity contribution in [2.24, 2.45) is 0 Å². The lowest BCUT2D eigenvalue weighted by Gasteiger charge is -2.37. The second kappa shape index (κ2) is 43.5. The van der Waals surface area contributed by atoms with Gasteiger partial charge in [0.05, 0.1) is 88.5 Å². The van der Waals surface area contributed by atoms with E-state index in [4.69, 9.17) is 41.4 Å². The number of oxazole rings is 1. The molecular weight excluding hydrogens is 1370 g/mol. The summed E-state index contributed by atoms with van der Waals surface area (Å²) in [7, 11) is 0. The van der Waals surface area contributed by atoms with E-state index in [1.54, 1.807) is 45.4 Å². The highest BCUT2D eigenvalue weighted by Gasteiger charge is 2.35. The molecule has 0 spiro atoms. The Balaban J connectivity index is 0.000000170. The van der Waals surface area contributed by atoms with Crippen LogP contribution in [0.25, 0.3) is 5.70 Å². The zero-order valence-electron chi connectivity index (χ0n) is 62.3. The zero-order valence-corrected chi connectivity index (χ0v) is 62.3. The Morgan fingerprint density at radius 3 is 1.40 bits per heavy atom. The van der Waals surface area contributed by atoms with E-state index in [-0.39, 0.29) is 86.2 Å². The van der Waals surface area contributed by atoms with Gasteiger partial charge in [-0.05, 0) is 142 Å². The number of aryl methyl sites for hydroxylation is 2. The number of fused-ring (bicyclic) bond motifs is 2. The molecule has 5 aromatic heterocycles. The number of furan rings is 3. The van der Waals surface area contributed by atoms with Crippen molar-refractivity contribution < 1.29 is 74.9 Å². The molecule has 5 aromatic carbocycles. The maximum Gasteiger partial charge on any atom is 0.329 e. The number of hydrogen-bond donors (Lipinski definition) is 0. The fourth-order valence-corrected chi connectivity index (χ4v) is 11.8. The van der Waals surface area contributed by atoms with Crippen molar-refractivity contribution in [2.75, 3.05) is 52.7 Å². The number of amides is 2. The van der Waals surface area contributed by atoms with Gasteiger partial charge in [0.1, 0.15) is 36.7 Å². The number of esters is 5. The lowest BCUT2D eigenvalue weighted by Crippen LogP contribution is -2.45. The smallest absolute Gasteiger partial charge is 0.329 e. The second-order valence-electron chi connectivity index (χ2n) is 24.9. The van der Waals surface area contributed by atoms with E-state index in [2.05, 4.69) is 45.7 Å². The lowest BCUT2D eigenvalue weighted by atomic mass is 9.93. The fraction of sp³-hybridized carbons (Fsp3) is 0.306. The van der Waals surface area contributed by atoms with Gasteiger partial charge in [0.25, 0.3) is 11.8 Å². The monoisotopic (exact) mass is 1470 g/mol. The third-order valence-corrected chi connectivity index (χ3v) is 17.0. The van der Waals surface area contributed by atoms with Crippen LogP contribution >= 0.6 is 0 Å². The number of benzene rings is 5. The predicted octanol–water partition coefficient (Wildman–Crippen LogP) is 13.6. The van der Waals surface area contributed by atoms with Gasteiger partial charge in [-0.2, -0.15) is 0 Å². The number of rotatable bonds is 27. The Hall–Kier alpha value is -12.0. The van der Waals surface area contributed by atoms with Gasteiger partial charge >= 0.3 is 29.8 Å². The molecule has 0 bridgehead atoms. The van der Waals surface area contributed by atoms with Gasteiger partial charge < -0.3 is 56.1 Å². The van der Waals surface area contributed by atoms with Gasteiger partial charge in [-0.15, -0.1) is 0 Å². The molecule has 2 amide bonds. The first-order valence-electron chi connectivity index (χ1n) is 35.9. The Morgan fingerprint density at radius 1 is 0.454 bits per heavy atom. The van der Waals surface area contributed by atoms with E-state index in [1.165, 1.54) is 44.7 Å². The molecule has 108 heavy (non-hydrogen) atoms. The zero-order chi connectivity index (χ0) is 77.0.